The molecule has 2 aromatic heterocycles. The molecule has 0 saturated carbocycles. The van der Waals surface area contributed by atoms with E-state index in [-0.39, 0.29) is 0 Å². The van der Waals surface area contributed by atoms with Crippen LogP contribution < -0.4 is 10.1 Å². The van der Waals surface area contributed by atoms with Crippen LogP contribution in [-0.2, 0) is 0 Å². The number of hydrogen-bond acceptors (Lipinski definition) is 4. The molecule has 0 fully saturated rings. The molecule has 2 aromatic carbocycles. The lowest BCUT2D eigenvalue weighted by Gasteiger charge is -2.16. The first-order valence-corrected chi connectivity index (χ1v) is 9.75. The summed E-state index contributed by atoms with van der Waals surface area (Å²) in [6, 6.07) is 15.4. The van der Waals surface area contributed by atoms with Crippen LogP contribution in [-0.4, -0.2) is 19.1 Å². The molecule has 0 amide bonds. The third-order valence-corrected chi connectivity index (χ3v) is 5.86. The third kappa shape index (κ3) is 2.75. The molecular weight excluding hydrogens is 340 g/mol. The van der Waals surface area contributed by atoms with Crippen LogP contribution in [0.15, 0.2) is 54.0 Å². The van der Waals surface area contributed by atoms with Crippen LogP contribution in [0, 0.1) is 0 Å². The van der Waals surface area contributed by atoms with Gasteiger partial charge in [-0.2, -0.15) is 0 Å². The van der Waals surface area contributed by atoms with E-state index in [4.69, 9.17) is 4.74 Å². The van der Waals surface area contributed by atoms with E-state index in [0.717, 1.165) is 34.2 Å². The van der Waals surface area contributed by atoms with Crippen molar-refractivity contribution in [3.63, 3.8) is 0 Å². The lowest BCUT2D eigenvalue weighted by Crippen LogP contribution is -2.14. The number of thiophene rings is 1. The van der Waals surface area contributed by atoms with Crippen molar-refractivity contribution in [1.82, 2.24) is 10.3 Å². The predicted molar refractivity (Wildman–Crippen MR) is 111 cm³/mol. The Kier molecular flexibility index (Phi) is 4.62. The molecule has 0 radical (unpaired) electrons. The first-order chi connectivity index (χ1) is 12.8. The topological polar surface area (TPSA) is 34.1 Å². The molecule has 2 heterocycles. The number of rotatable bonds is 5. The first-order valence-electron chi connectivity index (χ1n) is 8.87. The van der Waals surface area contributed by atoms with Gasteiger partial charge in [-0.15, -0.1) is 11.3 Å². The molecule has 1 N–H and O–H groups in total. The number of ether oxygens (including phenoxy) is 1. The number of aromatic nitrogens is 1. The van der Waals surface area contributed by atoms with Gasteiger partial charge in [0.05, 0.1) is 17.3 Å². The number of fused-ring (bicyclic) bond motifs is 3. The van der Waals surface area contributed by atoms with Gasteiger partial charge >= 0.3 is 0 Å². The van der Waals surface area contributed by atoms with Crippen molar-refractivity contribution < 1.29 is 4.74 Å². The quantitative estimate of drug-likeness (QED) is 0.487. The van der Waals surface area contributed by atoms with Crippen LogP contribution in [0.5, 0.6) is 5.75 Å². The van der Waals surface area contributed by atoms with E-state index in [1.54, 1.807) is 18.4 Å². The summed E-state index contributed by atoms with van der Waals surface area (Å²) in [5.74, 6) is 0.881. The summed E-state index contributed by atoms with van der Waals surface area (Å²) in [4.78, 5) is 4.66. The number of methoxy groups -OCH3 is 1. The van der Waals surface area contributed by atoms with Gasteiger partial charge in [0, 0.05) is 28.6 Å². The Morgan fingerprint density at radius 3 is 2.62 bits per heavy atom. The lowest BCUT2D eigenvalue weighted by molar-refractivity contribution is 0.417. The summed E-state index contributed by atoms with van der Waals surface area (Å²) in [6.45, 7) is 2.20. The summed E-state index contributed by atoms with van der Waals surface area (Å²) in [5.41, 5.74) is 4.57. The number of benzene rings is 2. The number of pyridine rings is 1. The van der Waals surface area contributed by atoms with Crippen LogP contribution in [0.2, 0.25) is 0 Å². The van der Waals surface area contributed by atoms with Crippen LogP contribution >= 0.6 is 11.3 Å². The average molecular weight is 362 g/mol. The highest BCUT2D eigenvalue weighted by atomic mass is 32.1. The van der Waals surface area contributed by atoms with Gasteiger partial charge in [-0.25, -0.2) is 0 Å². The van der Waals surface area contributed by atoms with Gasteiger partial charge in [0.2, 0.25) is 0 Å². The molecule has 4 heteroatoms. The standard InChI is InChI=1S/C22H22N2OS/c1-4-17(23-2)14-5-7-15(8-6-14)21-19(25-3)10-9-18-22(21)16-11-12-26-20(16)13-24-18/h5-13,17,23H,4H2,1-3H3/t17-/m0/s1. The normalized spacial score (nSPS) is 12.6. The van der Waals surface area contributed by atoms with Gasteiger partial charge in [-0.05, 0) is 48.2 Å². The van der Waals surface area contributed by atoms with Gasteiger partial charge < -0.3 is 10.1 Å². The Balaban J connectivity index is 1.96. The van der Waals surface area contributed by atoms with E-state index in [2.05, 4.69) is 52.9 Å². The second-order valence-corrected chi connectivity index (χ2v) is 7.31. The Bertz CT molecular complexity index is 1050. The molecule has 0 unspecified atom stereocenters. The van der Waals surface area contributed by atoms with Crippen LogP contribution in [0.25, 0.3) is 32.1 Å². The Morgan fingerprint density at radius 2 is 1.92 bits per heavy atom. The highest BCUT2D eigenvalue weighted by molar-refractivity contribution is 7.17. The van der Waals surface area contributed by atoms with Gasteiger partial charge in [-0.1, -0.05) is 31.2 Å². The summed E-state index contributed by atoms with van der Waals surface area (Å²) in [6.07, 6.45) is 3.02. The average Bonchev–Trinajstić information content (AvgIpc) is 3.17. The van der Waals surface area contributed by atoms with Crippen molar-refractivity contribution in [2.45, 2.75) is 19.4 Å². The largest absolute Gasteiger partial charge is 0.496 e. The van der Waals surface area contributed by atoms with E-state index >= 15 is 0 Å². The smallest absolute Gasteiger partial charge is 0.127 e. The fourth-order valence-electron chi connectivity index (χ4n) is 3.65. The molecule has 0 spiro atoms. The second-order valence-electron chi connectivity index (χ2n) is 6.37. The van der Waals surface area contributed by atoms with Crippen molar-refractivity contribution >= 4 is 32.3 Å². The monoisotopic (exact) mass is 362 g/mol. The highest BCUT2D eigenvalue weighted by Crippen LogP contribution is 2.41. The molecule has 0 saturated heterocycles. The number of hydrogen-bond donors (Lipinski definition) is 1. The van der Waals surface area contributed by atoms with Crippen LogP contribution in [0.1, 0.15) is 24.9 Å². The van der Waals surface area contributed by atoms with Gasteiger partial charge in [-0.3, -0.25) is 4.98 Å². The van der Waals surface area contributed by atoms with Gasteiger partial charge in [0.15, 0.2) is 0 Å². The van der Waals surface area contributed by atoms with E-state index in [1.807, 2.05) is 25.4 Å². The van der Waals surface area contributed by atoms with Gasteiger partial charge in [0.25, 0.3) is 0 Å². The summed E-state index contributed by atoms with van der Waals surface area (Å²) in [5, 5.41) is 7.89. The molecule has 0 aliphatic rings. The van der Waals surface area contributed by atoms with E-state index in [9.17, 15) is 0 Å². The van der Waals surface area contributed by atoms with E-state index in [1.165, 1.54) is 15.6 Å². The van der Waals surface area contributed by atoms with Crippen molar-refractivity contribution in [1.29, 1.82) is 0 Å². The first kappa shape index (κ1) is 17.0. The second kappa shape index (κ2) is 7.06. The fourth-order valence-corrected chi connectivity index (χ4v) is 4.42. The zero-order valence-corrected chi connectivity index (χ0v) is 16.1. The van der Waals surface area contributed by atoms with Crippen molar-refractivity contribution in [3.8, 4) is 16.9 Å². The Morgan fingerprint density at radius 1 is 1.12 bits per heavy atom. The molecule has 0 aliphatic heterocycles. The van der Waals surface area contributed by atoms with Crippen molar-refractivity contribution in [3.05, 3.63) is 59.6 Å². The number of nitrogens with one attached hydrogen (secondary N) is 1. The minimum Gasteiger partial charge on any atom is -0.496 e. The molecule has 4 aromatic rings. The molecule has 3 nitrogen and oxygen atoms in total. The number of nitrogens with zero attached hydrogens (tertiary/aromatic N) is 1. The minimum absolute atomic E-state index is 0.378. The van der Waals surface area contributed by atoms with Crippen molar-refractivity contribution in [2.75, 3.05) is 14.2 Å². The SMILES string of the molecule is CC[C@H](NC)c1ccc(-c2c(OC)ccc3ncc4sccc4c23)cc1. The molecule has 26 heavy (non-hydrogen) atoms. The molecular formula is C22H22N2OS. The van der Waals surface area contributed by atoms with Crippen LogP contribution in [0.4, 0.5) is 0 Å². The van der Waals surface area contributed by atoms with Crippen molar-refractivity contribution in [2.24, 2.45) is 0 Å². The molecule has 0 bridgehead atoms. The Hall–Kier alpha value is -2.43. The maximum absolute atomic E-state index is 5.72. The van der Waals surface area contributed by atoms with E-state index < -0.39 is 0 Å². The molecule has 1 atom stereocenters. The maximum atomic E-state index is 5.72. The predicted octanol–water partition coefficient (Wildman–Crippen LogP) is 5.80. The maximum Gasteiger partial charge on any atom is 0.127 e. The molecule has 0 aliphatic carbocycles. The zero-order chi connectivity index (χ0) is 18.1. The summed E-state index contributed by atoms with van der Waals surface area (Å²) in [7, 11) is 3.74. The lowest BCUT2D eigenvalue weighted by atomic mass is 9.95. The molecule has 4 rings (SSSR count). The minimum atomic E-state index is 0.378. The summed E-state index contributed by atoms with van der Waals surface area (Å²) < 4.78 is 6.92. The third-order valence-electron chi connectivity index (χ3n) is 5.01. The summed E-state index contributed by atoms with van der Waals surface area (Å²) >= 11 is 1.72. The van der Waals surface area contributed by atoms with E-state index in [0.29, 0.717) is 6.04 Å². The Labute approximate surface area is 157 Å². The highest BCUT2D eigenvalue weighted by Gasteiger charge is 2.15. The fraction of sp³-hybridized carbons (Fsp3) is 0.227. The van der Waals surface area contributed by atoms with Gasteiger partial charge in [0.1, 0.15) is 5.75 Å². The van der Waals surface area contributed by atoms with Crippen LogP contribution in [0.3, 0.4) is 0 Å². The zero-order valence-electron chi connectivity index (χ0n) is 15.2. The molecule has 132 valence electrons.